The van der Waals surface area contributed by atoms with Crippen molar-refractivity contribution in [2.45, 2.75) is 12.5 Å². The zero-order valence-corrected chi connectivity index (χ0v) is 18.1. The molecular weight excluding hydrogens is 390 g/mol. The van der Waals surface area contributed by atoms with Gasteiger partial charge in [0, 0.05) is 45.2 Å². The fraction of sp³-hybridized carbons (Fsp3) is 0.280. The molecule has 2 heterocycles. The molecule has 160 valence electrons. The zero-order chi connectivity index (χ0) is 22.0. The number of nitrogens with one attached hydrogen (secondary N) is 1. The van der Waals surface area contributed by atoms with E-state index in [0.29, 0.717) is 18.8 Å². The first kappa shape index (κ1) is 20.9. The number of carbonyl (C=O) groups excluding carboxylic acids is 2. The molecule has 6 heteroatoms. The predicted molar refractivity (Wildman–Crippen MR) is 122 cm³/mol. The summed E-state index contributed by atoms with van der Waals surface area (Å²) in [6, 6.07) is 17.6. The molecule has 2 amide bonds. The predicted octanol–water partition coefficient (Wildman–Crippen LogP) is 3.87. The molecule has 0 aliphatic carbocycles. The van der Waals surface area contributed by atoms with E-state index in [4.69, 9.17) is 4.74 Å². The topological polar surface area (TPSA) is 65.6 Å². The summed E-state index contributed by atoms with van der Waals surface area (Å²) in [5.74, 6) is -0.0861. The first-order valence-electron chi connectivity index (χ1n) is 10.4. The second-order valence-corrected chi connectivity index (χ2v) is 7.99. The van der Waals surface area contributed by atoms with Crippen molar-refractivity contribution in [3.8, 4) is 0 Å². The molecule has 2 aromatic carbocycles. The molecule has 1 aromatic heterocycles. The molecule has 0 bridgehead atoms. The minimum absolute atomic E-state index is 0.0286. The summed E-state index contributed by atoms with van der Waals surface area (Å²) in [6.45, 7) is 1.20. The molecule has 4 rings (SSSR count). The molecule has 0 saturated carbocycles. The fourth-order valence-corrected chi connectivity index (χ4v) is 4.00. The monoisotopic (exact) mass is 417 g/mol. The summed E-state index contributed by atoms with van der Waals surface area (Å²) >= 11 is 0. The number of ether oxygens (including phenoxy) is 1. The molecule has 0 radical (unpaired) electrons. The Bertz CT molecular complexity index is 1130. The molecule has 0 saturated heterocycles. The highest BCUT2D eigenvalue weighted by Gasteiger charge is 2.27. The average molecular weight is 418 g/mol. The number of benzene rings is 2. The Morgan fingerprint density at radius 3 is 2.58 bits per heavy atom. The lowest BCUT2D eigenvalue weighted by Crippen LogP contribution is -2.39. The van der Waals surface area contributed by atoms with E-state index in [9.17, 15) is 9.59 Å². The first-order valence-corrected chi connectivity index (χ1v) is 10.4. The van der Waals surface area contributed by atoms with E-state index in [1.165, 1.54) is 0 Å². The highest BCUT2D eigenvalue weighted by Crippen LogP contribution is 2.28. The van der Waals surface area contributed by atoms with Gasteiger partial charge in [0.05, 0.1) is 0 Å². The third kappa shape index (κ3) is 4.25. The number of rotatable bonds is 5. The molecule has 0 fully saturated rings. The van der Waals surface area contributed by atoms with Crippen LogP contribution in [0.3, 0.4) is 0 Å². The van der Waals surface area contributed by atoms with Crippen LogP contribution in [0.4, 0.5) is 0 Å². The smallest absolute Gasteiger partial charge is 0.269 e. The van der Waals surface area contributed by atoms with Crippen LogP contribution in [0, 0.1) is 0 Å². The van der Waals surface area contributed by atoms with E-state index in [2.05, 4.69) is 11.1 Å². The second-order valence-electron chi connectivity index (χ2n) is 7.99. The molecule has 31 heavy (non-hydrogen) atoms. The summed E-state index contributed by atoms with van der Waals surface area (Å²) in [5, 5.41) is 0.988. The fourth-order valence-electron chi connectivity index (χ4n) is 4.00. The summed E-state index contributed by atoms with van der Waals surface area (Å²) in [5.41, 5.74) is 4.48. The maximum Gasteiger partial charge on any atom is 0.269 e. The van der Waals surface area contributed by atoms with Crippen molar-refractivity contribution in [1.29, 1.82) is 0 Å². The molecule has 1 aliphatic heterocycles. The van der Waals surface area contributed by atoms with E-state index in [1.54, 1.807) is 26.1 Å². The number of H-pyrrole nitrogens is 1. The molecule has 1 N–H and O–H groups in total. The minimum atomic E-state index is -0.606. The molecule has 1 aliphatic rings. The van der Waals surface area contributed by atoms with Crippen LogP contribution in [0.25, 0.3) is 16.5 Å². The van der Waals surface area contributed by atoms with Crippen LogP contribution in [-0.2, 0) is 9.53 Å². The van der Waals surface area contributed by atoms with Crippen LogP contribution in [0.1, 0.15) is 34.1 Å². The number of methoxy groups -OCH3 is 1. The number of hydrogen-bond acceptors (Lipinski definition) is 3. The SMILES string of the molecule is CO[C@H](C(=O)N1CCC=C(c2ccc3cc(C(=O)N(C)C)[nH]c3c2)C1)c1ccccc1. The minimum Gasteiger partial charge on any atom is -0.367 e. The van der Waals surface area contributed by atoms with Gasteiger partial charge in [-0.05, 0) is 35.3 Å². The Morgan fingerprint density at radius 1 is 1.10 bits per heavy atom. The van der Waals surface area contributed by atoms with Crippen molar-refractivity contribution in [2.75, 3.05) is 34.3 Å². The Labute approximate surface area is 182 Å². The summed E-state index contributed by atoms with van der Waals surface area (Å²) in [6.07, 6.45) is 2.37. The number of amides is 2. The highest BCUT2D eigenvalue weighted by atomic mass is 16.5. The van der Waals surface area contributed by atoms with Gasteiger partial charge in [0.15, 0.2) is 6.10 Å². The Hall–Kier alpha value is -3.38. The highest BCUT2D eigenvalue weighted by molar-refractivity contribution is 5.98. The lowest BCUT2D eigenvalue weighted by atomic mass is 9.99. The van der Waals surface area contributed by atoms with Gasteiger partial charge in [0.25, 0.3) is 11.8 Å². The molecule has 0 unspecified atom stereocenters. The molecule has 0 spiro atoms. The number of carbonyl (C=O) groups is 2. The Morgan fingerprint density at radius 2 is 1.87 bits per heavy atom. The van der Waals surface area contributed by atoms with Crippen molar-refractivity contribution in [3.63, 3.8) is 0 Å². The molecular formula is C25H27N3O3. The lowest BCUT2D eigenvalue weighted by molar-refractivity contribution is -0.141. The maximum atomic E-state index is 13.2. The molecule has 6 nitrogen and oxygen atoms in total. The number of hydrogen-bond donors (Lipinski definition) is 1. The van der Waals surface area contributed by atoms with E-state index in [1.807, 2.05) is 59.5 Å². The standard InChI is InChI=1S/C25H27N3O3/c1-27(2)24(29)22-15-19-12-11-18(14-21(19)26-22)20-10-7-13-28(16-20)25(30)23(31-3)17-8-5-4-6-9-17/h4-6,8-12,14-15,23,26H,7,13,16H2,1-3H3/t23-/m0/s1. The molecule has 1 atom stereocenters. The van der Waals surface area contributed by atoms with Crippen molar-refractivity contribution in [2.24, 2.45) is 0 Å². The van der Waals surface area contributed by atoms with Gasteiger partial charge >= 0.3 is 0 Å². The van der Waals surface area contributed by atoms with Gasteiger partial charge in [-0.3, -0.25) is 9.59 Å². The number of nitrogens with zero attached hydrogens (tertiary/aromatic N) is 2. The van der Waals surface area contributed by atoms with Crippen molar-refractivity contribution in [1.82, 2.24) is 14.8 Å². The van der Waals surface area contributed by atoms with E-state index in [0.717, 1.165) is 34.0 Å². The van der Waals surface area contributed by atoms with Crippen LogP contribution in [0.15, 0.2) is 60.7 Å². The Balaban J connectivity index is 1.55. The van der Waals surface area contributed by atoms with E-state index in [-0.39, 0.29) is 11.8 Å². The third-order valence-electron chi connectivity index (χ3n) is 5.65. The first-order chi connectivity index (χ1) is 15.0. The quantitative estimate of drug-likeness (QED) is 0.685. The summed E-state index contributed by atoms with van der Waals surface area (Å²) in [7, 11) is 5.04. The van der Waals surface area contributed by atoms with Crippen LogP contribution >= 0.6 is 0 Å². The van der Waals surface area contributed by atoms with Gasteiger partial charge in [-0.25, -0.2) is 0 Å². The molecule has 3 aromatic rings. The Kier molecular flexibility index (Phi) is 5.91. The summed E-state index contributed by atoms with van der Waals surface area (Å²) in [4.78, 5) is 32.1. The summed E-state index contributed by atoms with van der Waals surface area (Å²) < 4.78 is 5.54. The van der Waals surface area contributed by atoms with Crippen LogP contribution < -0.4 is 0 Å². The zero-order valence-electron chi connectivity index (χ0n) is 18.1. The van der Waals surface area contributed by atoms with Crippen molar-refractivity contribution < 1.29 is 14.3 Å². The number of fused-ring (bicyclic) bond motifs is 1. The van der Waals surface area contributed by atoms with Crippen LogP contribution in [0.2, 0.25) is 0 Å². The van der Waals surface area contributed by atoms with Crippen molar-refractivity contribution in [3.05, 3.63) is 77.5 Å². The number of aromatic nitrogens is 1. The van der Waals surface area contributed by atoms with Gasteiger partial charge < -0.3 is 19.5 Å². The van der Waals surface area contributed by atoms with Crippen LogP contribution in [-0.4, -0.2) is 60.9 Å². The second kappa shape index (κ2) is 8.78. The maximum absolute atomic E-state index is 13.2. The average Bonchev–Trinajstić information content (AvgIpc) is 3.23. The third-order valence-corrected chi connectivity index (χ3v) is 5.65. The van der Waals surface area contributed by atoms with Gasteiger partial charge in [-0.15, -0.1) is 0 Å². The lowest BCUT2D eigenvalue weighted by Gasteiger charge is -2.30. The van der Waals surface area contributed by atoms with Gasteiger partial charge in [0.2, 0.25) is 0 Å². The van der Waals surface area contributed by atoms with E-state index >= 15 is 0 Å². The van der Waals surface area contributed by atoms with Crippen molar-refractivity contribution >= 4 is 28.3 Å². The number of aromatic amines is 1. The largest absolute Gasteiger partial charge is 0.367 e. The van der Waals surface area contributed by atoms with Gasteiger partial charge in [0.1, 0.15) is 5.69 Å². The van der Waals surface area contributed by atoms with E-state index < -0.39 is 6.10 Å². The van der Waals surface area contributed by atoms with Gasteiger partial charge in [-0.2, -0.15) is 0 Å². The van der Waals surface area contributed by atoms with Gasteiger partial charge in [-0.1, -0.05) is 48.5 Å². The van der Waals surface area contributed by atoms with Crippen LogP contribution in [0.5, 0.6) is 0 Å². The normalized spacial score (nSPS) is 14.9.